The Hall–Kier alpha value is -1.82. The van der Waals surface area contributed by atoms with Gasteiger partial charge in [-0.3, -0.25) is 4.79 Å². The summed E-state index contributed by atoms with van der Waals surface area (Å²) in [6, 6.07) is 3.93. The molecule has 1 aliphatic carbocycles. The number of pyridine rings is 1. The van der Waals surface area contributed by atoms with Gasteiger partial charge in [-0.15, -0.1) is 0 Å². The van der Waals surface area contributed by atoms with Gasteiger partial charge in [-0.25, -0.2) is 4.98 Å². The average molecular weight is 316 g/mol. The largest absolute Gasteiger partial charge is 0.379 e. The van der Waals surface area contributed by atoms with Crippen LogP contribution in [0.15, 0.2) is 12.1 Å². The van der Waals surface area contributed by atoms with E-state index in [2.05, 4.69) is 10.2 Å². The number of carbonyl (C=O) groups is 1. The molecule has 4 rings (SSSR count). The summed E-state index contributed by atoms with van der Waals surface area (Å²) in [4.78, 5) is 18.7. The normalized spacial score (nSPS) is 25.6. The van der Waals surface area contributed by atoms with Gasteiger partial charge in [-0.2, -0.15) is 0 Å². The second-order valence-corrected chi connectivity index (χ2v) is 7.12. The molecule has 3 fully saturated rings. The molecular formula is C17H24N4O2. The highest BCUT2D eigenvalue weighted by atomic mass is 16.5. The first-order chi connectivity index (χ1) is 11.2. The maximum absolute atomic E-state index is 11.8. The third-order valence-electron chi connectivity index (χ3n) is 5.50. The van der Waals surface area contributed by atoms with Crippen LogP contribution in [-0.4, -0.2) is 43.2 Å². The van der Waals surface area contributed by atoms with Gasteiger partial charge in [0.15, 0.2) is 0 Å². The Morgan fingerprint density at radius 3 is 2.70 bits per heavy atom. The predicted molar refractivity (Wildman–Crippen MR) is 88.7 cm³/mol. The molecule has 0 bridgehead atoms. The smallest absolute Gasteiger partial charge is 0.252 e. The summed E-state index contributed by atoms with van der Waals surface area (Å²) in [6.07, 6.45) is 6.10. The average Bonchev–Trinajstić information content (AvgIpc) is 3.10. The summed E-state index contributed by atoms with van der Waals surface area (Å²) < 4.78 is 5.39. The van der Waals surface area contributed by atoms with Crippen molar-refractivity contribution in [3.8, 4) is 0 Å². The zero-order chi connectivity index (χ0) is 15.9. The number of anilines is 2. The van der Waals surface area contributed by atoms with Crippen LogP contribution in [0.4, 0.5) is 11.6 Å². The molecule has 6 heteroatoms. The Morgan fingerprint density at radius 1 is 1.30 bits per heavy atom. The van der Waals surface area contributed by atoms with Crippen LogP contribution < -0.4 is 16.0 Å². The Morgan fingerprint density at radius 2 is 2.09 bits per heavy atom. The van der Waals surface area contributed by atoms with Crippen molar-refractivity contribution >= 4 is 17.5 Å². The monoisotopic (exact) mass is 316 g/mol. The lowest BCUT2D eigenvalue weighted by Crippen LogP contribution is -2.36. The van der Waals surface area contributed by atoms with Gasteiger partial charge >= 0.3 is 0 Å². The summed E-state index contributed by atoms with van der Waals surface area (Å²) in [5.74, 6) is 1.12. The molecule has 6 nitrogen and oxygen atoms in total. The van der Waals surface area contributed by atoms with Gasteiger partial charge in [0.05, 0.1) is 18.2 Å². The number of primary amides is 1. The molecule has 2 aliphatic heterocycles. The van der Waals surface area contributed by atoms with Crippen molar-refractivity contribution in [1.29, 1.82) is 0 Å². The molecule has 3 aliphatic rings. The standard InChI is InChI=1S/C17H24N4O2/c18-15(22)13-1-2-14(19-12-3-10-23-11-12)20-16(13)21-8-6-17(4-5-17)7-9-21/h1-2,12H,3-11H2,(H2,18,22)(H,19,20). The van der Waals surface area contributed by atoms with E-state index in [4.69, 9.17) is 15.5 Å². The number of rotatable bonds is 4. The molecule has 124 valence electrons. The van der Waals surface area contributed by atoms with Gasteiger partial charge in [0, 0.05) is 19.7 Å². The maximum atomic E-state index is 11.8. The third-order valence-corrected chi connectivity index (χ3v) is 5.50. The minimum Gasteiger partial charge on any atom is -0.379 e. The molecule has 0 aromatic carbocycles. The third kappa shape index (κ3) is 3.00. The number of nitrogens with zero attached hydrogens (tertiary/aromatic N) is 2. The number of aromatic nitrogens is 1. The first kappa shape index (κ1) is 14.8. The van der Waals surface area contributed by atoms with E-state index in [0.29, 0.717) is 23.6 Å². The molecule has 1 atom stereocenters. The number of piperidine rings is 1. The van der Waals surface area contributed by atoms with Crippen LogP contribution in [0.2, 0.25) is 0 Å². The summed E-state index contributed by atoms with van der Waals surface area (Å²) in [7, 11) is 0. The van der Waals surface area contributed by atoms with Gasteiger partial charge in [0.25, 0.3) is 5.91 Å². The predicted octanol–water partition coefficient (Wildman–Crippen LogP) is 1.76. The van der Waals surface area contributed by atoms with E-state index in [1.54, 1.807) is 6.07 Å². The summed E-state index contributed by atoms with van der Waals surface area (Å²) >= 11 is 0. The minimum absolute atomic E-state index is 0.297. The van der Waals surface area contributed by atoms with Crippen LogP contribution in [0, 0.1) is 5.41 Å². The number of carbonyl (C=O) groups excluding carboxylic acids is 1. The molecule has 0 radical (unpaired) electrons. The van der Waals surface area contributed by atoms with Crippen molar-refractivity contribution in [2.75, 3.05) is 36.5 Å². The Kier molecular flexibility index (Phi) is 3.64. The number of amides is 1. The fraction of sp³-hybridized carbons (Fsp3) is 0.647. The highest BCUT2D eigenvalue weighted by molar-refractivity contribution is 5.98. The van der Waals surface area contributed by atoms with Crippen molar-refractivity contribution in [2.45, 2.75) is 38.1 Å². The number of ether oxygens (including phenoxy) is 1. The Bertz CT molecular complexity index is 599. The first-order valence-corrected chi connectivity index (χ1v) is 8.55. The van der Waals surface area contributed by atoms with E-state index in [0.717, 1.165) is 37.8 Å². The molecule has 1 saturated carbocycles. The summed E-state index contributed by atoms with van der Waals surface area (Å²) in [6.45, 7) is 3.42. The molecule has 3 N–H and O–H groups in total. The zero-order valence-electron chi connectivity index (χ0n) is 13.4. The fourth-order valence-corrected chi connectivity index (χ4v) is 3.69. The lowest BCUT2D eigenvalue weighted by atomic mass is 9.93. The van der Waals surface area contributed by atoms with E-state index in [-0.39, 0.29) is 0 Å². The molecule has 2 saturated heterocycles. The van der Waals surface area contributed by atoms with Crippen LogP contribution in [0.25, 0.3) is 0 Å². The maximum Gasteiger partial charge on any atom is 0.252 e. The lowest BCUT2D eigenvalue weighted by molar-refractivity contribution is 0.100. The van der Waals surface area contributed by atoms with Crippen molar-refractivity contribution in [3.63, 3.8) is 0 Å². The van der Waals surface area contributed by atoms with Crippen LogP contribution in [0.1, 0.15) is 42.5 Å². The molecule has 1 aromatic rings. The van der Waals surface area contributed by atoms with Crippen LogP contribution in [0.3, 0.4) is 0 Å². The van der Waals surface area contributed by atoms with Crippen molar-refractivity contribution in [3.05, 3.63) is 17.7 Å². The van der Waals surface area contributed by atoms with Crippen molar-refractivity contribution in [2.24, 2.45) is 11.1 Å². The minimum atomic E-state index is -0.407. The van der Waals surface area contributed by atoms with Crippen molar-refractivity contribution in [1.82, 2.24) is 4.98 Å². The van der Waals surface area contributed by atoms with E-state index in [1.165, 1.54) is 25.7 Å². The number of hydrogen-bond acceptors (Lipinski definition) is 5. The first-order valence-electron chi connectivity index (χ1n) is 8.55. The highest BCUT2D eigenvalue weighted by Gasteiger charge is 2.44. The Balaban J connectivity index is 1.55. The van der Waals surface area contributed by atoms with Gasteiger partial charge in [-0.1, -0.05) is 0 Å². The van der Waals surface area contributed by atoms with Gasteiger partial charge in [0.1, 0.15) is 11.6 Å². The number of hydrogen-bond donors (Lipinski definition) is 2. The molecule has 3 heterocycles. The van der Waals surface area contributed by atoms with E-state index >= 15 is 0 Å². The van der Waals surface area contributed by atoms with Crippen molar-refractivity contribution < 1.29 is 9.53 Å². The SMILES string of the molecule is NC(=O)c1ccc(NC2CCOC2)nc1N1CCC2(CC1)CC2. The van der Waals surface area contributed by atoms with E-state index in [1.807, 2.05) is 6.07 Å². The van der Waals surface area contributed by atoms with E-state index in [9.17, 15) is 4.79 Å². The van der Waals surface area contributed by atoms with Crippen LogP contribution >= 0.6 is 0 Å². The lowest BCUT2D eigenvalue weighted by Gasteiger charge is -2.34. The van der Waals surface area contributed by atoms with Gasteiger partial charge in [0.2, 0.25) is 0 Å². The van der Waals surface area contributed by atoms with Crippen LogP contribution in [0.5, 0.6) is 0 Å². The second-order valence-electron chi connectivity index (χ2n) is 7.12. The molecule has 23 heavy (non-hydrogen) atoms. The molecule has 1 amide bonds. The molecule has 1 aromatic heterocycles. The number of nitrogens with two attached hydrogens (primary N) is 1. The number of nitrogens with one attached hydrogen (secondary N) is 1. The topological polar surface area (TPSA) is 80.5 Å². The summed E-state index contributed by atoms with van der Waals surface area (Å²) in [5, 5.41) is 3.40. The molecule has 1 spiro atoms. The fourth-order valence-electron chi connectivity index (χ4n) is 3.69. The van der Waals surface area contributed by atoms with Gasteiger partial charge < -0.3 is 20.7 Å². The molecular weight excluding hydrogens is 292 g/mol. The van der Waals surface area contributed by atoms with Gasteiger partial charge in [-0.05, 0) is 49.7 Å². The van der Waals surface area contributed by atoms with Crippen LogP contribution in [-0.2, 0) is 4.74 Å². The Labute approximate surface area is 136 Å². The quantitative estimate of drug-likeness (QED) is 0.885. The zero-order valence-corrected chi connectivity index (χ0v) is 13.4. The highest BCUT2D eigenvalue weighted by Crippen LogP contribution is 2.53. The van der Waals surface area contributed by atoms with E-state index < -0.39 is 5.91 Å². The summed E-state index contributed by atoms with van der Waals surface area (Å²) in [5.41, 5.74) is 6.67. The molecule has 1 unspecified atom stereocenters. The second kappa shape index (κ2) is 5.67.